The molecule has 1 rings (SSSR count). The summed E-state index contributed by atoms with van der Waals surface area (Å²) in [4.78, 5) is 11.5. The maximum absolute atomic E-state index is 11.5. The molecule has 1 aliphatic rings. The van der Waals surface area contributed by atoms with E-state index in [0.717, 1.165) is 6.26 Å². The van der Waals surface area contributed by atoms with Crippen LogP contribution in [0.4, 0.5) is 0 Å². The van der Waals surface area contributed by atoms with Crippen molar-refractivity contribution >= 4 is 15.9 Å². The monoisotopic (exact) mass is 265 g/mol. The summed E-state index contributed by atoms with van der Waals surface area (Å²) < 4.78 is 23.8. The number of hydrogen-bond donors (Lipinski definition) is 4. The smallest absolute Gasteiger partial charge is 0.237 e. The molecule has 17 heavy (non-hydrogen) atoms. The van der Waals surface area contributed by atoms with E-state index in [1.165, 1.54) is 0 Å². The molecular formula is C9H19N3O4S. The molecule has 0 saturated carbocycles. The van der Waals surface area contributed by atoms with E-state index in [9.17, 15) is 18.3 Å². The Kier molecular flexibility index (Phi) is 5.31. The van der Waals surface area contributed by atoms with Crippen LogP contribution >= 0.6 is 0 Å². The zero-order chi connectivity index (χ0) is 12.9. The maximum atomic E-state index is 11.5. The van der Waals surface area contributed by atoms with Crippen LogP contribution in [0.25, 0.3) is 0 Å². The van der Waals surface area contributed by atoms with Gasteiger partial charge in [-0.25, -0.2) is 13.1 Å². The maximum Gasteiger partial charge on any atom is 0.237 e. The number of amides is 1. The lowest BCUT2D eigenvalue weighted by Gasteiger charge is -2.10. The number of carbonyl (C=O) groups is 1. The molecular weight excluding hydrogens is 246 g/mol. The first-order valence-electron chi connectivity index (χ1n) is 5.52. The number of aliphatic hydroxyl groups excluding tert-OH is 1. The molecule has 7 nitrogen and oxygen atoms in total. The van der Waals surface area contributed by atoms with E-state index in [2.05, 4.69) is 15.4 Å². The highest BCUT2D eigenvalue weighted by Crippen LogP contribution is 2.05. The second-order valence-corrected chi connectivity index (χ2v) is 5.99. The summed E-state index contributed by atoms with van der Waals surface area (Å²) in [6.07, 6.45) is 1.59. The van der Waals surface area contributed by atoms with Crippen LogP contribution in [0.1, 0.15) is 12.8 Å². The van der Waals surface area contributed by atoms with Gasteiger partial charge in [0.05, 0.1) is 18.4 Å². The minimum absolute atomic E-state index is 0.152. The summed E-state index contributed by atoms with van der Waals surface area (Å²) in [6.45, 7) is 1.16. The van der Waals surface area contributed by atoms with Gasteiger partial charge in [-0.2, -0.15) is 0 Å². The average molecular weight is 265 g/mol. The van der Waals surface area contributed by atoms with Crippen LogP contribution in [0, 0.1) is 0 Å². The van der Waals surface area contributed by atoms with Gasteiger partial charge in [0.15, 0.2) is 0 Å². The van der Waals surface area contributed by atoms with Crippen LogP contribution in [-0.2, 0) is 14.8 Å². The molecule has 1 heterocycles. The highest BCUT2D eigenvalue weighted by molar-refractivity contribution is 7.88. The fraction of sp³-hybridized carbons (Fsp3) is 0.889. The van der Waals surface area contributed by atoms with Crippen molar-refractivity contribution in [3.8, 4) is 0 Å². The van der Waals surface area contributed by atoms with Crippen molar-refractivity contribution in [3.05, 3.63) is 0 Å². The van der Waals surface area contributed by atoms with E-state index >= 15 is 0 Å². The Morgan fingerprint density at radius 1 is 1.47 bits per heavy atom. The number of β-amino-alcohol motifs (C(OH)–C–C–N with tert-alkyl or cyclic N) is 1. The molecule has 100 valence electrons. The average Bonchev–Trinajstić information content (AvgIpc) is 2.62. The molecule has 4 N–H and O–H groups in total. The summed E-state index contributed by atoms with van der Waals surface area (Å²) in [5, 5.41) is 14.8. The number of nitrogens with one attached hydrogen (secondary N) is 3. The van der Waals surface area contributed by atoms with Crippen LogP contribution in [0.2, 0.25) is 0 Å². The highest BCUT2D eigenvalue weighted by atomic mass is 32.2. The SMILES string of the molecule is CS(=O)(=O)NCCCNC(=O)C1CC(O)CN1. The van der Waals surface area contributed by atoms with Gasteiger partial charge >= 0.3 is 0 Å². The molecule has 0 aromatic rings. The standard InChI is InChI=1S/C9H19N3O4S/c1-17(15,16)12-4-2-3-10-9(14)8-5-7(13)6-11-8/h7-8,11-13H,2-6H2,1H3,(H,10,14). The molecule has 2 atom stereocenters. The quantitative estimate of drug-likeness (QED) is 0.406. The van der Waals surface area contributed by atoms with E-state index in [-0.39, 0.29) is 11.9 Å². The molecule has 1 amide bonds. The van der Waals surface area contributed by atoms with Crippen molar-refractivity contribution in [1.29, 1.82) is 0 Å². The van der Waals surface area contributed by atoms with E-state index in [1.54, 1.807) is 0 Å². The van der Waals surface area contributed by atoms with Crippen molar-refractivity contribution in [2.45, 2.75) is 25.0 Å². The second-order valence-electron chi connectivity index (χ2n) is 4.16. The molecule has 0 aromatic carbocycles. The third-order valence-electron chi connectivity index (χ3n) is 2.44. The summed E-state index contributed by atoms with van der Waals surface area (Å²) in [7, 11) is -3.16. The topological polar surface area (TPSA) is 108 Å². The molecule has 1 aliphatic heterocycles. The Morgan fingerprint density at radius 3 is 2.71 bits per heavy atom. The molecule has 8 heteroatoms. The van der Waals surface area contributed by atoms with Crippen molar-refractivity contribution in [2.75, 3.05) is 25.9 Å². The molecule has 0 aliphatic carbocycles. The Labute approximate surface area is 101 Å². The zero-order valence-corrected chi connectivity index (χ0v) is 10.6. The molecule has 0 radical (unpaired) electrons. The van der Waals surface area contributed by atoms with Crippen LogP contribution in [0.15, 0.2) is 0 Å². The molecule has 0 bridgehead atoms. The first-order chi connectivity index (χ1) is 7.88. The Bertz CT molecular complexity index is 357. The lowest BCUT2D eigenvalue weighted by molar-refractivity contribution is -0.122. The van der Waals surface area contributed by atoms with Crippen LogP contribution < -0.4 is 15.4 Å². The summed E-state index contributed by atoms with van der Waals surface area (Å²) in [5.41, 5.74) is 0. The zero-order valence-electron chi connectivity index (χ0n) is 9.77. The van der Waals surface area contributed by atoms with Gasteiger partial charge < -0.3 is 15.7 Å². The molecule has 0 aromatic heterocycles. The first kappa shape index (κ1) is 14.4. The van der Waals surface area contributed by atoms with Gasteiger partial charge in [0.2, 0.25) is 15.9 Å². The molecule has 1 fully saturated rings. The Balaban J connectivity index is 2.09. The predicted octanol–water partition coefficient (Wildman–Crippen LogP) is -2.24. The van der Waals surface area contributed by atoms with Crippen LogP contribution in [0.5, 0.6) is 0 Å². The summed E-state index contributed by atoms with van der Waals surface area (Å²) in [5.74, 6) is -0.152. The van der Waals surface area contributed by atoms with E-state index in [4.69, 9.17) is 0 Å². The number of hydrogen-bond acceptors (Lipinski definition) is 5. The lowest BCUT2D eigenvalue weighted by atomic mass is 10.2. The third kappa shape index (κ3) is 5.97. The predicted molar refractivity (Wildman–Crippen MR) is 62.9 cm³/mol. The minimum atomic E-state index is -3.16. The van der Waals surface area contributed by atoms with Gasteiger partial charge in [-0.15, -0.1) is 0 Å². The van der Waals surface area contributed by atoms with Gasteiger partial charge in [0.1, 0.15) is 0 Å². The largest absolute Gasteiger partial charge is 0.392 e. The molecule has 2 unspecified atom stereocenters. The Hall–Kier alpha value is -0.700. The van der Waals surface area contributed by atoms with Gasteiger partial charge in [0.25, 0.3) is 0 Å². The first-order valence-corrected chi connectivity index (χ1v) is 7.41. The second kappa shape index (κ2) is 6.29. The Morgan fingerprint density at radius 2 is 2.18 bits per heavy atom. The third-order valence-corrected chi connectivity index (χ3v) is 3.17. The van der Waals surface area contributed by atoms with Crippen LogP contribution in [-0.4, -0.2) is 57.5 Å². The van der Waals surface area contributed by atoms with Crippen LogP contribution in [0.3, 0.4) is 0 Å². The summed E-state index contributed by atoms with van der Waals surface area (Å²) in [6, 6.07) is -0.340. The summed E-state index contributed by atoms with van der Waals surface area (Å²) >= 11 is 0. The van der Waals surface area contributed by atoms with Crippen molar-refractivity contribution in [2.24, 2.45) is 0 Å². The fourth-order valence-corrected chi connectivity index (χ4v) is 2.11. The minimum Gasteiger partial charge on any atom is -0.392 e. The van der Waals surface area contributed by atoms with Crippen molar-refractivity contribution in [1.82, 2.24) is 15.4 Å². The van der Waals surface area contributed by atoms with Crippen molar-refractivity contribution in [3.63, 3.8) is 0 Å². The fourth-order valence-electron chi connectivity index (χ4n) is 1.60. The number of sulfonamides is 1. The van der Waals surface area contributed by atoms with Gasteiger partial charge in [0, 0.05) is 19.6 Å². The van der Waals surface area contributed by atoms with Gasteiger partial charge in [-0.05, 0) is 12.8 Å². The van der Waals surface area contributed by atoms with E-state index < -0.39 is 16.1 Å². The number of carbonyl (C=O) groups excluding carboxylic acids is 1. The molecule has 1 saturated heterocycles. The van der Waals surface area contributed by atoms with Gasteiger partial charge in [-0.3, -0.25) is 4.79 Å². The number of rotatable bonds is 6. The van der Waals surface area contributed by atoms with Crippen molar-refractivity contribution < 1.29 is 18.3 Å². The van der Waals surface area contributed by atoms with E-state index in [1.807, 2.05) is 0 Å². The van der Waals surface area contributed by atoms with E-state index in [0.29, 0.717) is 32.5 Å². The molecule has 0 spiro atoms. The number of aliphatic hydroxyl groups is 1. The lowest BCUT2D eigenvalue weighted by Crippen LogP contribution is -2.41. The van der Waals surface area contributed by atoms with Gasteiger partial charge in [-0.1, -0.05) is 0 Å². The normalized spacial score (nSPS) is 24.8. The highest BCUT2D eigenvalue weighted by Gasteiger charge is 2.27.